The highest BCUT2D eigenvalue weighted by atomic mass is 35.5. The van der Waals surface area contributed by atoms with E-state index in [1.165, 1.54) is 0 Å². The first-order chi connectivity index (χ1) is 6.91. The number of nitrogens with zero attached hydrogens (tertiary/aromatic N) is 1. The molecule has 7 heteroatoms. The van der Waals surface area contributed by atoms with Gasteiger partial charge in [-0.15, -0.1) is 0 Å². The average Bonchev–Trinajstić information content (AvgIpc) is 2.08. The Kier molecular flexibility index (Phi) is 3.52. The summed E-state index contributed by atoms with van der Waals surface area (Å²) in [5.41, 5.74) is -1.36. The van der Waals surface area contributed by atoms with Crippen molar-refractivity contribution >= 4 is 17.6 Å². The molecule has 0 bridgehead atoms. The minimum Gasteiger partial charge on any atom is -0.481 e. The van der Waals surface area contributed by atoms with E-state index in [1.54, 1.807) is 0 Å². The van der Waals surface area contributed by atoms with Crippen molar-refractivity contribution in [3.8, 4) is 0 Å². The van der Waals surface area contributed by atoms with Crippen LogP contribution in [0.1, 0.15) is 17.8 Å². The van der Waals surface area contributed by atoms with Crippen molar-refractivity contribution in [2.75, 3.05) is 0 Å². The fraction of sp³-hybridized carbons (Fsp3) is 0.250. The van der Waals surface area contributed by atoms with E-state index in [1.807, 2.05) is 0 Å². The maximum Gasteiger partial charge on any atom is 0.309 e. The number of carbonyl (C=O) groups is 1. The summed E-state index contributed by atoms with van der Waals surface area (Å²) >= 11 is 5.30. The number of hydrogen-bond acceptors (Lipinski definition) is 2. The van der Waals surface area contributed by atoms with Crippen LogP contribution < -0.4 is 0 Å². The lowest BCUT2D eigenvalue weighted by Gasteiger charge is -2.05. The molecule has 0 saturated heterocycles. The van der Waals surface area contributed by atoms with Crippen LogP contribution in [0.15, 0.2) is 6.07 Å². The molecule has 0 atom stereocenters. The number of pyridine rings is 1. The Morgan fingerprint density at radius 1 is 1.60 bits per heavy atom. The monoisotopic (exact) mass is 239 g/mol. The molecule has 1 heterocycles. The molecule has 0 amide bonds. The quantitative estimate of drug-likeness (QED) is 0.881. The van der Waals surface area contributed by atoms with Gasteiger partial charge in [0.25, 0.3) is 6.43 Å². The molecule has 3 nitrogen and oxygen atoms in total. The first-order valence-electron chi connectivity index (χ1n) is 3.76. The maximum atomic E-state index is 13.0. The fourth-order valence-electron chi connectivity index (χ4n) is 0.941. The topological polar surface area (TPSA) is 50.2 Å². The van der Waals surface area contributed by atoms with Crippen molar-refractivity contribution in [1.29, 1.82) is 0 Å². The van der Waals surface area contributed by atoms with Crippen molar-refractivity contribution in [2.24, 2.45) is 0 Å². The Labute approximate surface area is 87.5 Å². The molecule has 15 heavy (non-hydrogen) atoms. The summed E-state index contributed by atoms with van der Waals surface area (Å²) in [5.74, 6) is -2.37. The van der Waals surface area contributed by atoms with Gasteiger partial charge in [0, 0.05) is 0 Å². The van der Waals surface area contributed by atoms with Crippen molar-refractivity contribution in [2.45, 2.75) is 12.8 Å². The molecular formula is C8H5ClF3NO2. The lowest BCUT2D eigenvalue weighted by molar-refractivity contribution is -0.136. The number of rotatable bonds is 3. The van der Waals surface area contributed by atoms with Crippen LogP contribution in [-0.2, 0) is 11.2 Å². The largest absolute Gasteiger partial charge is 0.481 e. The van der Waals surface area contributed by atoms with E-state index in [2.05, 4.69) is 4.98 Å². The summed E-state index contributed by atoms with van der Waals surface area (Å²) in [6.45, 7) is 0. The van der Waals surface area contributed by atoms with E-state index in [9.17, 15) is 18.0 Å². The zero-order valence-corrected chi connectivity index (χ0v) is 7.93. The van der Waals surface area contributed by atoms with Crippen molar-refractivity contribution in [3.63, 3.8) is 0 Å². The Morgan fingerprint density at radius 2 is 2.20 bits per heavy atom. The summed E-state index contributed by atoms with van der Waals surface area (Å²) in [6, 6.07) is 0.633. The molecule has 0 aliphatic carbocycles. The Hall–Kier alpha value is -1.30. The summed E-state index contributed by atoms with van der Waals surface area (Å²) in [5, 5.41) is 7.85. The third kappa shape index (κ3) is 2.82. The number of alkyl halides is 2. The second-order valence-corrected chi connectivity index (χ2v) is 3.06. The Bertz CT molecular complexity index is 398. The van der Waals surface area contributed by atoms with Gasteiger partial charge in [0.2, 0.25) is 0 Å². The molecule has 82 valence electrons. The van der Waals surface area contributed by atoms with Crippen LogP contribution in [0.2, 0.25) is 5.02 Å². The molecule has 1 aromatic heterocycles. The van der Waals surface area contributed by atoms with Crippen LogP contribution in [-0.4, -0.2) is 16.1 Å². The minimum atomic E-state index is -2.97. The first-order valence-corrected chi connectivity index (χ1v) is 4.14. The summed E-state index contributed by atoms with van der Waals surface area (Å²) in [7, 11) is 0. The summed E-state index contributed by atoms with van der Waals surface area (Å²) in [6.07, 6.45) is -3.73. The number of carboxylic acids is 1. The van der Waals surface area contributed by atoms with Crippen molar-refractivity contribution in [1.82, 2.24) is 4.98 Å². The lowest BCUT2D eigenvalue weighted by Crippen LogP contribution is -2.07. The predicted molar refractivity (Wildman–Crippen MR) is 45.5 cm³/mol. The number of halogens is 4. The average molecular weight is 240 g/mol. The highest BCUT2D eigenvalue weighted by Gasteiger charge is 2.19. The molecule has 0 aliphatic rings. The maximum absolute atomic E-state index is 13.0. The van der Waals surface area contributed by atoms with E-state index in [-0.39, 0.29) is 0 Å². The Morgan fingerprint density at radius 3 is 2.67 bits per heavy atom. The standard InChI is InChI=1S/C8H5ClF3NO2/c9-3-1-4(10)5(2-6(14)15)13-7(3)8(11)12/h1,8H,2H2,(H,14,15). The van der Waals surface area contributed by atoms with Crippen LogP contribution in [0.25, 0.3) is 0 Å². The lowest BCUT2D eigenvalue weighted by atomic mass is 10.2. The van der Waals surface area contributed by atoms with Gasteiger partial charge in [-0.05, 0) is 6.07 Å². The molecule has 1 rings (SSSR count). The second-order valence-electron chi connectivity index (χ2n) is 2.66. The van der Waals surface area contributed by atoms with E-state index < -0.39 is 41.0 Å². The van der Waals surface area contributed by atoms with Gasteiger partial charge in [0.15, 0.2) is 0 Å². The number of hydrogen-bond donors (Lipinski definition) is 1. The molecule has 0 spiro atoms. The van der Waals surface area contributed by atoms with Gasteiger partial charge in [0.1, 0.15) is 11.5 Å². The third-order valence-electron chi connectivity index (χ3n) is 1.55. The van der Waals surface area contributed by atoms with E-state index in [0.717, 1.165) is 0 Å². The predicted octanol–water partition coefficient (Wildman–Crippen LogP) is 2.44. The summed E-state index contributed by atoms with van der Waals surface area (Å²) in [4.78, 5) is 13.4. The molecule has 1 aromatic rings. The van der Waals surface area contributed by atoms with Gasteiger partial charge < -0.3 is 5.11 Å². The van der Waals surface area contributed by atoms with Gasteiger partial charge >= 0.3 is 5.97 Å². The van der Waals surface area contributed by atoms with Gasteiger partial charge in [-0.1, -0.05) is 11.6 Å². The fourth-order valence-corrected chi connectivity index (χ4v) is 1.16. The van der Waals surface area contributed by atoms with E-state index in [4.69, 9.17) is 16.7 Å². The summed E-state index contributed by atoms with van der Waals surface area (Å²) < 4.78 is 37.5. The van der Waals surface area contributed by atoms with Crippen LogP contribution in [0, 0.1) is 5.82 Å². The molecular weight excluding hydrogens is 235 g/mol. The molecule has 0 fully saturated rings. The van der Waals surface area contributed by atoms with Crippen LogP contribution in [0.5, 0.6) is 0 Å². The molecule has 0 saturated carbocycles. The molecule has 0 radical (unpaired) electrons. The molecule has 1 N–H and O–H groups in total. The zero-order valence-electron chi connectivity index (χ0n) is 7.18. The zero-order chi connectivity index (χ0) is 11.6. The SMILES string of the molecule is O=C(O)Cc1nc(C(F)F)c(Cl)cc1F. The normalized spacial score (nSPS) is 10.7. The van der Waals surface area contributed by atoms with Crippen molar-refractivity contribution in [3.05, 3.63) is 28.3 Å². The molecule has 0 aliphatic heterocycles. The molecule has 0 aromatic carbocycles. The van der Waals surface area contributed by atoms with Crippen LogP contribution in [0.3, 0.4) is 0 Å². The highest BCUT2D eigenvalue weighted by molar-refractivity contribution is 6.31. The smallest absolute Gasteiger partial charge is 0.309 e. The minimum absolute atomic E-state index is 0.517. The van der Waals surface area contributed by atoms with Crippen LogP contribution >= 0.6 is 11.6 Å². The van der Waals surface area contributed by atoms with Crippen molar-refractivity contribution < 1.29 is 23.1 Å². The highest BCUT2D eigenvalue weighted by Crippen LogP contribution is 2.26. The van der Waals surface area contributed by atoms with Gasteiger partial charge in [0.05, 0.1) is 17.1 Å². The van der Waals surface area contributed by atoms with E-state index >= 15 is 0 Å². The van der Waals surface area contributed by atoms with Gasteiger partial charge in [-0.3, -0.25) is 4.79 Å². The number of carboxylic acid groups (broad SMARTS) is 1. The third-order valence-corrected chi connectivity index (χ3v) is 1.86. The Balaban J connectivity index is 3.17. The van der Waals surface area contributed by atoms with Crippen LogP contribution in [0.4, 0.5) is 13.2 Å². The number of aromatic nitrogens is 1. The van der Waals surface area contributed by atoms with Gasteiger partial charge in [-0.25, -0.2) is 18.2 Å². The first kappa shape index (κ1) is 11.8. The molecule has 0 unspecified atom stereocenters. The number of aliphatic carboxylic acids is 1. The van der Waals surface area contributed by atoms with Gasteiger partial charge in [-0.2, -0.15) is 0 Å². The second kappa shape index (κ2) is 4.48. The van der Waals surface area contributed by atoms with E-state index in [0.29, 0.717) is 6.07 Å².